The second-order valence-electron chi connectivity index (χ2n) is 4.41. The monoisotopic (exact) mass is 286 g/mol. The van der Waals surface area contributed by atoms with Gasteiger partial charge in [0.1, 0.15) is 0 Å². The molecule has 5 nitrogen and oxygen atoms in total. The Kier molecular flexibility index (Phi) is 3.91. The molecule has 0 fully saturated rings. The molecule has 1 N–H and O–H groups in total. The SMILES string of the molecule is Cc1cc2ncc(CCCNC(=O)C(F)(F)F)cn2n1. The molecule has 8 heteroatoms. The molecule has 108 valence electrons. The fraction of sp³-hybridized carbons (Fsp3) is 0.417. The third kappa shape index (κ3) is 3.46. The highest BCUT2D eigenvalue weighted by Crippen LogP contribution is 2.14. The molecule has 0 atom stereocenters. The van der Waals surface area contributed by atoms with Gasteiger partial charge in [-0.15, -0.1) is 0 Å². The van der Waals surface area contributed by atoms with Gasteiger partial charge in [0, 0.05) is 25.0 Å². The number of aryl methyl sites for hydroxylation is 2. The lowest BCUT2D eigenvalue weighted by Gasteiger charge is -2.07. The number of alkyl halides is 3. The number of hydrogen-bond acceptors (Lipinski definition) is 3. The van der Waals surface area contributed by atoms with Crippen molar-refractivity contribution in [2.75, 3.05) is 6.54 Å². The van der Waals surface area contributed by atoms with Crippen LogP contribution in [0.25, 0.3) is 5.65 Å². The second kappa shape index (κ2) is 5.48. The average Bonchev–Trinajstić information content (AvgIpc) is 2.72. The first-order valence-corrected chi connectivity index (χ1v) is 6.02. The average molecular weight is 286 g/mol. The predicted octanol–water partition coefficient (Wildman–Crippen LogP) is 1.65. The normalized spacial score (nSPS) is 11.8. The molecule has 2 rings (SSSR count). The van der Waals surface area contributed by atoms with Crippen molar-refractivity contribution in [3.8, 4) is 0 Å². The molecule has 0 saturated carbocycles. The van der Waals surface area contributed by atoms with E-state index in [1.165, 1.54) is 0 Å². The molecule has 0 spiro atoms. The molecular weight excluding hydrogens is 273 g/mol. The predicted molar refractivity (Wildman–Crippen MR) is 65.1 cm³/mol. The topological polar surface area (TPSA) is 59.3 Å². The number of rotatable bonds is 4. The van der Waals surface area contributed by atoms with Crippen LogP contribution in [0.15, 0.2) is 18.5 Å². The number of halogens is 3. The van der Waals surface area contributed by atoms with Crippen molar-refractivity contribution in [1.82, 2.24) is 19.9 Å². The van der Waals surface area contributed by atoms with Gasteiger partial charge in [-0.2, -0.15) is 18.3 Å². The van der Waals surface area contributed by atoms with E-state index in [1.807, 2.05) is 18.3 Å². The summed E-state index contributed by atoms with van der Waals surface area (Å²) in [6, 6.07) is 1.83. The van der Waals surface area contributed by atoms with E-state index < -0.39 is 12.1 Å². The fourth-order valence-electron chi connectivity index (χ4n) is 1.76. The van der Waals surface area contributed by atoms with Gasteiger partial charge in [-0.25, -0.2) is 9.50 Å². The minimum absolute atomic E-state index is 0.0332. The molecule has 0 aromatic carbocycles. The summed E-state index contributed by atoms with van der Waals surface area (Å²) in [6.07, 6.45) is -0.481. The van der Waals surface area contributed by atoms with Crippen molar-refractivity contribution in [3.63, 3.8) is 0 Å². The van der Waals surface area contributed by atoms with Crippen LogP contribution in [0.4, 0.5) is 13.2 Å². The van der Waals surface area contributed by atoms with Crippen molar-refractivity contribution in [2.24, 2.45) is 0 Å². The Labute approximate surface area is 112 Å². The summed E-state index contributed by atoms with van der Waals surface area (Å²) in [4.78, 5) is 14.8. The van der Waals surface area contributed by atoms with E-state index in [1.54, 1.807) is 16.9 Å². The number of carbonyl (C=O) groups excluding carboxylic acids is 1. The van der Waals surface area contributed by atoms with Crippen LogP contribution >= 0.6 is 0 Å². The van der Waals surface area contributed by atoms with Gasteiger partial charge in [0.25, 0.3) is 0 Å². The highest BCUT2D eigenvalue weighted by atomic mass is 19.4. The molecule has 0 unspecified atom stereocenters. The van der Waals surface area contributed by atoms with Crippen molar-refractivity contribution in [2.45, 2.75) is 25.9 Å². The third-order valence-corrected chi connectivity index (χ3v) is 2.67. The van der Waals surface area contributed by atoms with E-state index in [4.69, 9.17) is 0 Å². The van der Waals surface area contributed by atoms with Crippen molar-refractivity contribution >= 4 is 11.6 Å². The molecule has 0 aliphatic carbocycles. The molecule has 0 aliphatic rings. The number of carbonyl (C=O) groups is 1. The van der Waals surface area contributed by atoms with Gasteiger partial charge in [-0.05, 0) is 25.3 Å². The highest BCUT2D eigenvalue weighted by Gasteiger charge is 2.38. The summed E-state index contributed by atoms with van der Waals surface area (Å²) in [6.45, 7) is 1.82. The Morgan fingerprint density at radius 1 is 1.45 bits per heavy atom. The van der Waals surface area contributed by atoms with E-state index in [9.17, 15) is 18.0 Å². The zero-order valence-corrected chi connectivity index (χ0v) is 10.7. The number of amides is 1. The van der Waals surface area contributed by atoms with Crippen LogP contribution in [-0.4, -0.2) is 33.2 Å². The Morgan fingerprint density at radius 2 is 2.20 bits per heavy atom. The number of nitrogens with zero attached hydrogens (tertiary/aromatic N) is 3. The maximum absolute atomic E-state index is 11.9. The number of nitrogens with one attached hydrogen (secondary N) is 1. The number of aromatic nitrogens is 3. The smallest absolute Gasteiger partial charge is 0.348 e. The first-order chi connectivity index (χ1) is 9.36. The minimum atomic E-state index is -4.83. The standard InChI is InChI=1S/C12H13F3N4O/c1-8-5-10-17-6-9(7-19(10)18-8)3-2-4-16-11(20)12(13,14)15/h5-7H,2-4H2,1H3,(H,16,20). The summed E-state index contributed by atoms with van der Waals surface area (Å²) in [7, 11) is 0. The second-order valence-corrected chi connectivity index (χ2v) is 4.41. The van der Waals surface area contributed by atoms with Gasteiger partial charge in [0.05, 0.1) is 5.69 Å². The molecule has 0 aliphatic heterocycles. The van der Waals surface area contributed by atoms with Crippen LogP contribution in [0, 0.1) is 6.92 Å². The Hall–Kier alpha value is -2.12. The number of hydrogen-bond donors (Lipinski definition) is 1. The van der Waals surface area contributed by atoms with Crippen LogP contribution in [-0.2, 0) is 11.2 Å². The van der Waals surface area contributed by atoms with E-state index in [-0.39, 0.29) is 6.54 Å². The van der Waals surface area contributed by atoms with Gasteiger partial charge in [0.2, 0.25) is 0 Å². The Bertz CT molecular complexity index is 621. The lowest BCUT2D eigenvalue weighted by molar-refractivity contribution is -0.173. The molecule has 2 aromatic rings. The first-order valence-electron chi connectivity index (χ1n) is 6.02. The number of fused-ring (bicyclic) bond motifs is 1. The fourth-order valence-corrected chi connectivity index (χ4v) is 1.76. The molecule has 20 heavy (non-hydrogen) atoms. The van der Waals surface area contributed by atoms with Gasteiger partial charge < -0.3 is 5.32 Å². The Morgan fingerprint density at radius 3 is 2.90 bits per heavy atom. The minimum Gasteiger partial charge on any atom is -0.348 e. The molecular formula is C12H13F3N4O. The lowest BCUT2D eigenvalue weighted by atomic mass is 10.2. The van der Waals surface area contributed by atoms with Crippen molar-refractivity contribution in [3.05, 3.63) is 29.7 Å². The van der Waals surface area contributed by atoms with E-state index in [2.05, 4.69) is 10.1 Å². The summed E-state index contributed by atoms with van der Waals surface area (Å²) >= 11 is 0. The van der Waals surface area contributed by atoms with Crippen LogP contribution < -0.4 is 5.32 Å². The van der Waals surface area contributed by atoms with E-state index >= 15 is 0 Å². The van der Waals surface area contributed by atoms with Gasteiger partial charge in [-0.3, -0.25) is 4.79 Å². The summed E-state index contributed by atoms with van der Waals surface area (Å²) in [5.41, 5.74) is 2.41. The van der Waals surface area contributed by atoms with E-state index in [0.29, 0.717) is 12.8 Å². The van der Waals surface area contributed by atoms with E-state index in [0.717, 1.165) is 16.9 Å². The molecule has 2 aromatic heterocycles. The summed E-state index contributed by atoms with van der Waals surface area (Å²) in [5, 5.41) is 6.03. The lowest BCUT2D eigenvalue weighted by Crippen LogP contribution is -2.37. The zero-order chi connectivity index (χ0) is 14.8. The maximum atomic E-state index is 11.9. The molecule has 0 saturated heterocycles. The van der Waals surface area contributed by atoms with Gasteiger partial charge in [0.15, 0.2) is 5.65 Å². The van der Waals surface area contributed by atoms with Crippen molar-refractivity contribution < 1.29 is 18.0 Å². The quantitative estimate of drug-likeness (QED) is 0.869. The summed E-state index contributed by atoms with van der Waals surface area (Å²) < 4.78 is 37.5. The van der Waals surface area contributed by atoms with Crippen LogP contribution in [0.3, 0.4) is 0 Å². The molecule has 0 radical (unpaired) electrons. The van der Waals surface area contributed by atoms with Crippen LogP contribution in [0.1, 0.15) is 17.7 Å². The third-order valence-electron chi connectivity index (χ3n) is 2.67. The molecule has 2 heterocycles. The highest BCUT2D eigenvalue weighted by molar-refractivity contribution is 5.81. The maximum Gasteiger partial charge on any atom is 0.471 e. The van der Waals surface area contributed by atoms with Crippen LogP contribution in [0.5, 0.6) is 0 Å². The van der Waals surface area contributed by atoms with Crippen molar-refractivity contribution in [1.29, 1.82) is 0 Å². The van der Waals surface area contributed by atoms with Crippen LogP contribution in [0.2, 0.25) is 0 Å². The Balaban J connectivity index is 1.85. The molecule has 1 amide bonds. The summed E-state index contributed by atoms with van der Waals surface area (Å²) in [5.74, 6) is -1.91. The zero-order valence-electron chi connectivity index (χ0n) is 10.7. The van der Waals surface area contributed by atoms with Gasteiger partial charge in [-0.1, -0.05) is 0 Å². The largest absolute Gasteiger partial charge is 0.471 e. The first kappa shape index (κ1) is 14.3. The molecule has 0 bridgehead atoms. The van der Waals surface area contributed by atoms with Gasteiger partial charge >= 0.3 is 12.1 Å².